The highest BCUT2D eigenvalue weighted by Gasteiger charge is 2.18. The molecule has 0 bridgehead atoms. The van der Waals surface area contributed by atoms with Gasteiger partial charge in [0.25, 0.3) is 5.56 Å². The number of nitrogens with zero attached hydrogens (tertiary/aromatic N) is 3. The average molecular weight is 402 g/mol. The quantitative estimate of drug-likeness (QED) is 0.537. The Kier molecular flexibility index (Phi) is 5.20. The Morgan fingerprint density at radius 2 is 1.73 bits per heavy atom. The lowest BCUT2D eigenvalue weighted by molar-refractivity contribution is -0.116. The molecule has 0 atom stereocenters. The first-order chi connectivity index (χ1) is 14.5. The van der Waals surface area contributed by atoms with Gasteiger partial charge in [-0.25, -0.2) is 4.52 Å². The Hall–Kier alpha value is -3.71. The van der Waals surface area contributed by atoms with Crippen LogP contribution in [0.2, 0.25) is 0 Å². The molecule has 0 saturated heterocycles. The molecule has 4 aromatic rings. The Morgan fingerprint density at radius 3 is 2.40 bits per heavy atom. The minimum Gasteiger partial charge on any atom is -0.392 e. The van der Waals surface area contributed by atoms with Gasteiger partial charge in [-0.15, -0.1) is 0 Å². The van der Waals surface area contributed by atoms with Crippen molar-refractivity contribution in [2.75, 3.05) is 5.32 Å². The highest BCUT2D eigenvalue weighted by Crippen LogP contribution is 2.24. The van der Waals surface area contributed by atoms with Crippen LogP contribution in [0.4, 0.5) is 5.69 Å². The van der Waals surface area contributed by atoms with Gasteiger partial charge in [0, 0.05) is 29.2 Å². The predicted molar refractivity (Wildman–Crippen MR) is 115 cm³/mol. The van der Waals surface area contributed by atoms with Crippen molar-refractivity contribution in [2.45, 2.75) is 27.0 Å². The van der Waals surface area contributed by atoms with Crippen LogP contribution in [0.1, 0.15) is 16.7 Å². The summed E-state index contributed by atoms with van der Waals surface area (Å²) in [6.07, 6.45) is 3.15. The Labute approximate surface area is 173 Å². The van der Waals surface area contributed by atoms with Crippen molar-refractivity contribution < 1.29 is 9.90 Å². The molecule has 0 saturated carbocycles. The monoisotopic (exact) mass is 402 g/mol. The molecule has 0 fully saturated rings. The summed E-state index contributed by atoms with van der Waals surface area (Å²) in [5.41, 5.74) is 4.34. The van der Waals surface area contributed by atoms with E-state index in [1.807, 2.05) is 62.4 Å². The van der Waals surface area contributed by atoms with Crippen LogP contribution in [0.3, 0.4) is 0 Å². The molecule has 0 aliphatic heterocycles. The molecule has 7 heteroatoms. The predicted octanol–water partition coefficient (Wildman–Crippen LogP) is 2.91. The molecule has 0 unspecified atom stereocenters. The van der Waals surface area contributed by atoms with Crippen molar-refractivity contribution >= 4 is 17.1 Å². The number of nitrogens with one attached hydrogen (secondary N) is 1. The normalized spacial score (nSPS) is 11.0. The summed E-state index contributed by atoms with van der Waals surface area (Å²) in [6.45, 7) is 3.37. The number of rotatable bonds is 5. The minimum absolute atomic E-state index is 0.139. The van der Waals surface area contributed by atoms with E-state index in [1.54, 1.807) is 6.20 Å². The standard InChI is InChI=1S/C23H22N4O3/c1-15-7-6-8-16(2)20(15)24-19(29)13-26-11-12-27-22(23(26)30)18(14-28)21(25-27)17-9-4-3-5-10-17/h3-12,28H,13-14H2,1-2H3,(H,24,29). The van der Waals surface area contributed by atoms with Crippen LogP contribution in [0.25, 0.3) is 16.8 Å². The third-order valence-corrected chi connectivity index (χ3v) is 5.12. The van der Waals surface area contributed by atoms with E-state index in [4.69, 9.17) is 0 Å². The fourth-order valence-electron chi connectivity index (χ4n) is 3.60. The molecule has 7 nitrogen and oxygen atoms in total. The molecule has 2 aromatic carbocycles. The van der Waals surface area contributed by atoms with Gasteiger partial charge < -0.3 is 15.0 Å². The lowest BCUT2D eigenvalue weighted by Crippen LogP contribution is -2.29. The second-order valence-corrected chi connectivity index (χ2v) is 7.19. The van der Waals surface area contributed by atoms with E-state index in [1.165, 1.54) is 15.3 Å². The van der Waals surface area contributed by atoms with Gasteiger partial charge in [-0.05, 0) is 25.0 Å². The molecule has 2 heterocycles. The molecule has 0 radical (unpaired) electrons. The van der Waals surface area contributed by atoms with E-state index >= 15 is 0 Å². The Bertz CT molecular complexity index is 1270. The zero-order chi connectivity index (χ0) is 21.3. The van der Waals surface area contributed by atoms with Gasteiger partial charge in [-0.1, -0.05) is 48.5 Å². The van der Waals surface area contributed by atoms with Gasteiger partial charge in [-0.3, -0.25) is 9.59 Å². The highest BCUT2D eigenvalue weighted by atomic mass is 16.3. The molecule has 1 amide bonds. The van der Waals surface area contributed by atoms with Gasteiger partial charge in [0.1, 0.15) is 12.1 Å². The summed E-state index contributed by atoms with van der Waals surface area (Å²) in [4.78, 5) is 25.7. The number of aliphatic hydroxyl groups excluding tert-OH is 1. The molecular weight excluding hydrogens is 380 g/mol. The molecular formula is C23H22N4O3. The van der Waals surface area contributed by atoms with Crippen molar-refractivity contribution in [2.24, 2.45) is 0 Å². The summed E-state index contributed by atoms with van der Waals surface area (Å²) >= 11 is 0. The molecule has 0 aliphatic rings. The first-order valence-electron chi connectivity index (χ1n) is 9.62. The third-order valence-electron chi connectivity index (χ3n) is 5.12. The molecule has 0 spiro atoms. The molecule has 4 rings (SSSR count). The number of fused-ring (bicyclic) bond motifs is 1. The van der Waals surface area contributed by atoms with Gasteiger partial charge in [0.15, 0.2) is 0 Å². The second kappa shape index (κ2) is 7.96. The Balaban J connectivity index is 1.70. The summed E-state index contributed by atoms with van der Waals surface area (Å²) in [7, 11) is 0. The van der Waals surface area contributed by atoms with Crippen LogP contribution in [0.5, 0.6) is 0 Å². The van der Waals surface area contributed by atoms with Crippen LogP contribution in [0, 0.1) is 13.8 Å². The largest absolute Gasteiger partial charge is 0.392 e. The van der Waals surface area contributed by atoms with Crippen LogP contribution in [-0.4, -0.2) is 25.2 Å². The highest BCUT2D eigenvalue weighted by molar-refractivity contribution is 5.92. The van der Waals surface area contributed by atoms with E-state index in [-0.39, 0.29) is 30.1 Å². The van der Waals surface area contributed by atoms with E-state index < -0.39 is 0 Å². The van der Waals surface area contributed by atoms with Crippen LogP contribution in [-0.2, 0) is 17.9 Å². The summed E-state index contributed by atoms with van der Waals surface area (Å²) in [5.74, 6) is -0.299. The fraction of sp³-hybridized carbons (Fsp3) is 0.174. The average Bonchev–Trinajstić information content (AvgIpc) is 3.13. The zero-order valence-corrected chi connectivity index (χ0v) is 16.8. The van der Waals surface area contributed by atoms with Gasteiger partial charge >= 0.3 is 0 Å². The molecule has 0 aliphatic carbocycles. The number of carbonyl (C=O) groups is 1. The van der Waals surface area contributed by atoms with Crippen molar-refractivity contribution in [1.82, 2.24) is 14.2 Å². The zero-order valence-electron chi connectivity index (χ0n) is 16.8. The minimum atomic E-state index is -0.382. The molecule has 2 aromatic heterocycles. The molecule has 30 heavy (non-hydrogen) atoms. The van der Waals surface area contributed by atoms with Crippen molar-refractivity contribution in [3.8, 4) is 11.3 Å². The van der Waals surface area contributed by atoms with E-state index in [0.29, 0.717) is 11.3 Å². The number of aliphatic hydroxyl groups is 1. The maximum Gasteiger partial charge on any atom is 0.277 e. The number of amides is 1. The third kappa shape index (κ3) is 3.51. The number of benzene rings is 2. The number of hydrogen-bond acceptors (Lipinski definition) is 4. The SMILES string of the molecule is Cc1cccc(C)c1NC(=O)Cn1ccn2nc(-c3ccccc3)c(CO)c2c1=O. The number of aromatic nitrogens is 3. The fourth-order valence-corrected chi connectivity index (χ4v) is 3.60. The van der Waals surface area contributed by atoms with Crippen LogP contribution in [0.15, 0.2) is 65.7 Å². The lowest BCUT2D eigenvalue weighted by atomic mass is 10.1. The summed E-state index contributed by atoms with van der Waals surface area (Å²) < 4.78 is 2.78. The lowest BCUT2D eigenvalue weighted by Gasteiger charge is -2.12. The maximum absolute atomic E-state index is 13.1. The first-order valence-corrected chi connectivity index (χ1v) is 9.62. The number of para-hydroxylation sites is 1. The van der Waals surface area contributed by atoms with Crippen molar-refractivity contribution in [1.29, 1.82) is 0 Å². The van der Waals surface area contributed by atoms with Gasteiger partial charge in [0.05, 0.1) is 12.3 Å². The van der Waals surface area contributed by atoms with Gasteiger partial charge in [0.2, 0.25) is 5.91 Å². The number of hydrogen-bond donors (Lipinski definition) is 2. The second-order valence-electron chi connectivity index (χ2n) is 7.19. The van der Waals surface area contributed by atoms with Crippen molar-refractivity contribution in [3.05, 3.63) is 88.0 Å². The summed E-state index contributed by atoms with van der Waals surface area (Å²) in [6, 6.07) is 15.2. The van der Waals surface area contributed by atoms with E-state index in [2.05, 4.69) is 10.4 Å². The van der Waals surface area contributed by atoms with Crippen LogP contribution < -0.4 is 10.9 Å². The smallest absolute Gasteiger partial charge is 0.277 e. The number of aryl methyl sites for hydroxylation is 2. The topological polar surface area (TPSA) is 88.6 Å². The number of carbonyl (C=O) groups excluding carboxylic acids is 1. The van der Waals surface area contributed by atoms with Gasteiger partial charge in [-0.2, -0.15) is 5.10 Å². The Morgan fingerprint density at radius 1 is 1.03 bits per heavy atom. The first kappa shape index (κ1) is 19.6. The van der Waals surface area contributed by atoms with E-state index in [0.717, 1.165) is 22.4 Å². The molecule has 152 valence electrons. The van der Waals surface area contributed by atoms with Crippen molar-refractivity contribution in [3.63, 3.8) is 0 Å². The maximum atomic E-state index is 13.1. The van der Waals surface area contributed by atoms with Crippen LogP contribution >= 0.6 is 0 Å². The number of anilines is 1. The van der Waals surface area contributed by atoms with E-state index in [9.17, 15) is 14.7 Å². The molecule has 2 N–H and O–H groups in total. The summed E-state index contributed by atoms with van der Waals surface area (Å²) in [5, 5.41) is 17.3.